The molecule has 220 valence electrons. The molecule has 2 aromatic rings. The number of carbonyl (C=O) groups is 3. The van der Waals surface area contributed by atoms with Gasteiger partial charge in [0, 0.05) is 19.0 Å². The Labute approximate surface area is 237 Å². The van der Waals surface area contributed by atoms with Crippen molar-refractivity contribution >= 4 is 17.9 Å². The van der Waals surface area contributed by atoms with E-state index in [0.29, 0.717) is 17.5 Å². The maximum atomic E-state index is 14.3. The number of carbonyl (C=O) groups excluding carboxylic acids is 3. The van der Waals surface area contributed by atoms with Gasteiger partial charge in [0.2, 0.25) is 11.8 Å². The first-order chi connectivity index (χ1) is 18.8. The fraction of sp³-hybridized carbons (Fsp3) is 0.516. The Kier molecular flexibility index (Phi) is 12.3. The normalized spacial score (nSPS) is 12.9. The Morgan fingerprint density at radius 3 is 2.17 bits per heavy atom. The molecule has 2 unspecified atom stereocenters. The number of phenolic OH excluding ortho intramolecular Hbond substituents is 2. The number of hydrogen-bond donors (Lipinski definition) is 4. The summed E-state index contributed by atoms with van der Waals surface area (Å²) in [7, 11) is 0. The minimum Gasteiger partial charge on any atom is -0.508 e. The predicted molar refractivity (Wildman–Crippen MR) is 155 cm³/mol. The first-order valence-electron chi connectivity index (χ1n) is 14.0. The number of rotatable bonds is 13. The zero-order chi connectivity index (χ0) is 29.9. The Morgan fingerprint density at radius 1 is 0.925 bits per heavy atom. The van der Waals surface area contributed by atoms with Gasteiger partial charge in [-0.05, 0) is 76.4 Å². The largest absolute Gasteiger partial charge is 0.508 e. The van der Waals surface area contributed by atoms with Crippen molar-refractivity contribution in [2.24, 2.45) is 0 Å². The number of phenols is 2. The highest BCUT2D eigenvalue weighted by Gasteiger charge is 2.36. The highest BCUT2D eigenvalue weighted by Crippen LogP contribution is 2.27. The van der Waals surface area contributed by atoms with Gasteiger partial charge in [0.15, 0.2) is 0 Å². The number of nitrogens with zero attached hydrogens (tertiary/aromatic N) is 1. The van der Waals surface area contributed by atoms with Crippen molar-refractivity contribution < 1.29 is 29.3 Å². The molecular weight excluding hydrogens is 510 g/mol. The molecule has 4 N–H and O–H groups in total. The Hall–Kier alpha value is -3.75. The highest BCUT2D eigenvalue weighted by atomic mass is 16.6. The van der Waals surface area contributed by atoms with Crippen molar-refractivity contribution in [3.63, 3.8) is 0 Å². The summed E-state index contributed by atoms with van der Waals surface area (Å²) in [5.41, 5.74) is 0.387. The molecule has 9 nitrogen and oxygen atoms in total. The number of benzene rings is 2. The van der Waals surface area contributed by atoms with E-state index >= 15 is 0 Å². The maximum Gasteiger partial charge on any atom is 0.408 e. The lowest BCUT2D eigenvalue weighted by molar-refractivity contribution is -0.142. The van der Waals surface area contributed by atoms with Gasteiger partial charge in [0.1, 0.15) is 29.2 Å². The van der Waals surface area contributed by atoms with Crippen LogP contribution in [0.5, 0.6) is 11.5 Å². The van der Waals surface area contributed by atoms with E-state index in [4.69, 9.17) is 4.74 Å². The quantitative estimate of drug-likeness (QED) is 0.251. The maximum absolute atomic E-state index is 14.3. The first-order valence-corrected chi connectivity index (χ1v) is 14.0. The van der Waals surface area contributed by atoms with Crippen molar-refractivity contribution in [3.05, 3.63) is 59.7 Å². The predicted octanol–water partition coefficient (Wildman–Crippen LogP) is 5.21. The molecule has 0 saturated carbocycles. The van der Waals surface area contributed by atoms with Crippen LogP contribution < -0.4 is 10.6 Å². The smallest absolute Gasteiger partial charge is 0.408 e. The monoisotopic (exact) mass is 555 g/mol. The van der Waals surface area contributed by atoms with Crippen LogP contribution in [-0.2, 0) is 20.7 Å². The molecule has 0 saturated heterocycles. The van der Waals surface area contributed by atoms with Gasteiger partial charge >= 0.3 is 6.09 Å². The van der Waals surface area contributed by atoms with Crippen molar-refractivity contribution in [3.8, 4) is 11.5 Å². The molecule has 0 aliphatic heterocycles. The molecule has 0 heterocycles. The van der Waals surface area contributed by atoms with E-state index in [1.165, 1.54) is 29.2 Å². The van der Waals surface area contributed by atoms with Crippen LogP contribution >= 0.6 is 0 Å². The summed E-state index contributed by atoms with van der Waals surface area (Å²) in [5.74, 6) is -0.780. The van der Waals surface area contributed by atoms with Crippen LogP contribution in [0.4, 0.5) is 4.79 Å². The third kappa shape index (κ3) is 10.8. The van der Waals surface area contributed by atoms with Gasteiger partial charge in [-0.25, -0.2) is 4.79 Å². The summed E-state index contributed by atoms with van der Waals surface area (Å²) in [6.45, 7) is 11.2. The number of aromatic hydroxyl groups is 2. The van der Waals surface area contributed by atoms with Gasteiger partial charge in [-0.2, -0.15) is 0 Å². The molecule has 2 atom stereocenters. The van der Waals surface area contributed by atoms with Gasteiger partial charge in [0.05, 0.1) is 0 Å². The molecule has 2 aromatic carbocycles. The van der Waals surface area contributed by atoms with E-state index in [2.05, 4.69) is 17.6 Å². The SMILES string of the molecule is CCCCCCN(C(=O)C(Cc1ccc(O)cc1)NC(=O)OC(C)(C)C)C(C(=O)NC(C)C)c1cccc(O)c1. The first kappa shape index (κ1) is 32.5. The summed E-state index contributed by atoms with van der Waals surface area (Å²) < 4.78 is 5.46. The van der Waals surface area contributed by atoms with Crippen LogP contribution in [0.3, 0.4) is 0 Å². The second-order valence-corrected chi connectivity index (χ2v) is 11.3. The minimum absolute atomic E-state index is 0.0225. The molecular formula is C31H45N3O6. The lowest BCUT2D eigenvalue weighted by Crippen LogP contribution is -2.54. The van der Waals surface area contributed by atoms with Crippen LogP contribution in [0.2, 0.25) is 0 Å². The number of hydrogen-bond acceptors (Lipinski definition) is 6. The van der Waals surface area contributed by atoms with E-state index in [-0.39, 0.29) is 36.4 Å². The highest BCUT2D eigenvalue weighted by molar-refractivity contribution is 5.92. The minimum atomic E-state index is -1.06. The number of amides is 3. The zero-order valence-electron chi connectivity index (χ0n) is 24.6. The van der Waals surface area contributed by atoms with Crippen LogP contribution in [0.1, 0.15) is 84.4 Å². The molecule has 0 radical (unpaired) electrons. The second-order valence-electron chi connectivity index (χ2n) is 11.3. The molecule has 2 rings (SSSR count). The molecule has 3 amide bonds. The van der Waals surface area contributed by atoms with Gasteiger partial charge < -0.3 is 30.5 Å². The summed E-state index contributed by atoms with van der Waals surface area (Å²) in [6.07, 6.45) is 2.85. The Morgan fingerprint density at radius 2 is 1.60 bits per heavy atom. The number of nitrogens with one attached hydrogen (secondary N) is 2. The summed E-state index contributed by atoms with van der Waals surface area (Å²) in [6, 6.07) is 10.4. The second kappa shape index (κ2) is 15.1. The van der Waals surface area contributed by atoms with E-state index in [0.717, 1.165) is 19.3 Å². The molecule has 0 spiro atoms. The Bertz CT molecular complexity index is 1110. The zero-order valence-corrected chi connectivity index (χ0v) is 24.6. The fourth-order valence-electron chi connectivity index (χ4n) is 4.32. The molecule has 0 bridgehead atoms. The van der Waals surface area contributed by atoms with Crippen LogP contribution in [0.15, 0.2) is 48.5 Å². The number of alkyl carbamates (subject to hydrolysis) is 1. The summed E-state index contributed by atoms with van der Waals surface area (Å²) in [4.78, 5) is 42.3. The summed E-state index contributed by atoms with van der Waals surface area (Å²) in [5, 5.41) is 25.6. The van der Waals surface area contributed by atoms with Crippen LogP contribution in [-0.4, -0.2) is 57.3 Å². The van der Waals surface area contributed by atoms with Crippen LogP contribution in [0, 0.1) is 0 Å². The van der Waals surface area contributed by atoms with Gasteiger partial charge in [-0.15, -0.1) is 0 Å². The Balaban J connectivity index is 2.55. The fourth-order valence-corrected chi connectivity index (χ4v) is 4.32. The third-order valence-corrected chi connectivity index (χ3v) is 6.08. The lowest BCUT2D eigenvalue weighted by atomic mass is 9.99. The van der Waals surface area contributed by atoms with Crippen molar-refractivity contribution in [2.75, 3.05) is 6.54 Å². The average molecular weight is 556 g/mol. The van der Waals surface area contributed by atoms with Gasteiger partial charge in [-0.3, -0.25) is 9.59 Å². The lowest BCUT2D eigenvalue weighted by Gasteiger charge is -2.35. The van der Waals surface area contributed by atoms with Crippen molar-refractivity contribution in [1.82, 2.24) is 15.5 Å². The van der Waals surface area contributed by atoms with Crippen molar-refractivity contribution in [1.29, 1.82) is 0 Å². The van der Waals surface area contributed by atoms with E-state index in [1.807, 2.05) is 13.8 Å². The van der Waals surface area contributed by atoms with Gasteiger partial charge in [-0.1, -0.05) is 50.5 Å². The molecule has 0 fully saturated rings. The number of ether oxygens (including phenoxy) is 1. The van der Waals surface area contributed by atoms with E-state index in [1.54, 1.807) is 45.0 Å². The number of unbranched alkanes of at least 4 members (excludes halogenated alkanes) is 3. The third-order valence-electron chi connectivity index (χ3n) is 6.08. The molecule has 40 heavy (non-hydrogen) atoms. The topological polar surface area (TPSA) is 128 Å². The van der Waals surface area contributed by atoms with E-state index in [9.17, 15) is 24.6 Å². The summed E-state index contributed by atoms with van der Waals surface area (Å²) >= 11 is 0. The standard InChI is InChI=1S/C31H45N3O6/c1-7-8-9-10-18-34(27(28(37)32-21(2)3)23-12-11-13-25(36)20-23)29(38)26(33-30(39)40-31(4,5)6)19-22-14-16-24(35)17-15-22/h11-17,20-21,26-27,35-36H,7-10,18-19H2,1-6H3,(H,32,37)(H,33,39). The van der Waals surface area contributed by atoms with E-state index < -0.39 is 29.7 Å². The van der Waals surface area contributed by atoms with Gasteiger partial charge in [0.25, 0.3) is 0 Å². The molecule has 0 aliphatic rings. The molecule has 0 aromatic heterocycles. The van der Waals surface area contributed by atoms with Crippen LogP contribution in [0.25, 0.3) is 0 Å². The molecule has 0 aliphatic carbocycles. The molecule has 9 heteroatoms. The van der Waals surface area contributed by atoms with Crippen molar-refractivity contribution in [2.45, 2.75) is 97.4 Å². The average Bonchev–Trinajstić information content (AvgIpc) is 2.84.